The molecule has 0 atom stereocenters. The average Bonchev–Trinajstić information content (AvgIpc) is 3.30. The van der Waals surface area contributed by atoms with E-state index in [1.807, 2.05) is 30.3 Å². The Bertz CT molecular complexity index is 1660. The molecule has 0 amide bonds. The Morgan fingerprint density at radius 3 is 2.42 bits per heavy atom. The Kier molecular flexibility index (Phi) is 6.64. The van der Waals surface area contributed by atoms with Crippen LogP contribution in [0.3, 0.4) is 0 Å². The van der Waals surface area contributed by atoms with Crippen LogP contribution in [0.25, 0.3) is 27.5 Å². The van der Waals surface area contributed by atoms with Crippen molar-refractivity contribution in [1.82, 2.24) is 15.0 Å². The van der Waals surface area contributed by atoms with Crippen LogP contribution in [0.2, 0.25) is 0 Å². The average molecular weight is 542 g/mol. The number of halogens is 5. The number of imidazole rings is 1. The zero-order valence-electron chi connectivity index (χ0n) is 19.1. The number of thiocarbonyl (C=S) groups is 1. The summed E-state index contributed by atoms with van der Waals surface area (Å²) < 4.78 is 70.5. The smallest absolute Gasteiger partial charge is 0.406 e. The molecule has 38 heavy (non-hydrogen) atoms. The van der Waals surface area contributed by atoms with E-state index >= 15 is 0 Å². The maximum atomic E-state index is 13.7. The van der Waals surface area contributed by atoms with Gasteiger partial charge in [-0.25, -0.2) is 13.8 Å². The lowest BCUT2D eigenvalue weighted by molar-refractivity contribution is -0.274. The predicted molar refractivity (Wildman–Crippen MR) is 139 cm³/mol. The molecular formula is C26H16F5N5OS. The molecule has 0 radical (unpaired) electrons. The minimum absolute atomic E-state index is 0.0868. The maximum absolute atomic E-state index is 13.7. The molecule has 2 N–H and O–H groups in total. The highest BCUT2D eigenvalue weighted by atomic mass is 32.1. The number of ether oxygens (including phenoxy) is 1. The third kappa shape index (κ3) is 5.39. The molecule has 12 heteroatoms. The van der Waals surface area contributed by atoms with Gasteiger partial charge in [0.15, 0.2) is 5.11 Å². The van der Waals surface area contributed by atoms with E-state index in [-0.39, 0.29) is 16.5 Å². The van der Waals surface area contributed by atoms with E-state index < -0.39 is 18.0 Å². The minimum atomic E-state index is -4.76. The number of hydrazone groups is 1. The van der Waals surface area contributed by atoms with Crippen LogP contribution in [0.4, 0.5) is 27.6 Å². The number of nitrogens with zero attached hydrogens (tertiary/aromatic N) is 3. The van der Waals surface area contributed by atoms with Crippen molar-refractivity contribution < 1.29 is 26.7 Å². The van der Waals surface area contributed by atoms with Crippen molar-refractivity contribution in [1.29, 1.82) is 0 Å². The van der Waals surface area contributed by atoms with Gasteiger partial charge in [-0.3, -0.25) is 9.99 Å². The van der Waals surface area contributed by atoms with Crippen molar-refractivity contribution in [3.63, 3.8) is 0 Å². The van der Waals surface area contributed by atoms with E-state index in [1.165, 1.54) is 36.5 Å². The van der Waals surface area contributed by atoms with Crippen molar-refractivity contribution in [2.45, 2.75) is 6.36 Å². The van der Waals surface area contributed by atoms with Crippen LogP contribution in [-0.4, -0.2) is 27.2 Å². The fourth-order valence-electron chi connectivity index (χ4n) is 3.85. The molecule has 192 valence electrons. The van der Waals surface area contributed by atoms with Crippen LogP contribution in [-0.2, 0) is 0 Å². The van der Waals surface area contributed by atoms with Gasteiger partial charge in [0.25, 0.3) is 0 Å². The summed E-state index contributed by atoms with van der Waals surface area (Å²) in [4.78, 5) is 4.49. The molecule has 0 spiro atoms. The van der Waals surface area contributed by atoms with Gasteiger partial charge in [0, 0.05) is 11.1 Å². The van der Waals surface area contributed by atoms with Gasteiger partial charge in [0.1, 0.15) is 29.4 Å². The number of anilines is 1. The second-order valence-electron chi connectivity index (χ2n) is 7.99. The second kappa shape index (κ2) is 10.1. The number of nitrogens with one attached hydrogen (secondary N) is 2. The number of para-hydroxylation sites is 1. The Labute approximate surface area is 217 Å². The molecule has 0 aliphatic carbocycles. The lowest BCUT2D eigenvalue weighted by Crippen LogP contribution is -2.25. The topological polar surface area (TPSA) is 63.5 Å². The molecule has 4 aromatic carbocycles. The maximum Gasteiger partial charge on any atom is 0.573 e. The normalized spacial score (nSPS) is 11.8. The molecule has 0 aliphatic rings. The summed E-state index contributed by atoms with van der Waals surface area (Å²) in [5.41, 5.74) is 4.96. The van der Waals surface area contributed by atoms with Gasteiger partial charge in [-0.15, -0.1) is 13.2 Å². The fourth-order valence-corrected chi connectivity index (χ4v) is 4.00. The monoisotopic (exact) mass is 541 g/mol. The third-order valence-corrected chi connectivity index (χ3v) is 5.68. The SMILES string of the molecule is Fc1cccc(F)c1NC(=S)NN=Cc1ccc2c(ccc3c2ncn3-c2ccc(OC(F)(F)F)cc2)c1. The summed E-state index contributed by atoms with van der Waals surface area (Å²) in [6.45, 7) is 0. The zero-order valence-corrected chi connectivity index (χ0v) is 19.9. The number of alkyl halides is 3. The van der Waals surface area contributed by atoms with E-state index in [0.29, 0.717) is 11.2 Å². The molecule has 0 saturated carbocycles. The number of hydrogen-bond acceptors (Lipinski definition) is 4. The molecule has 0 aliphatic heterocycles. The highest BCUT2D eigenvalue weighted by Gasteiger charge is 2.31. The van der Waals surface area contributed by atoms with Gasteiger partial charge in [0.2, 0.25) is 0 Å². The molecule has 0 bridgehead atoms. The lowest BCUT2D eigenvalue weighted by atomic mass is 10.1. The van der Waals surface area contributed by atoms with Gasteiger partial charge >= 0.3 is 6.36 Å². The first kappa shape index (κ1) is 25.1. The van der Waals surface area contributed by atoms with Crippen molar-refractivity contribution in [2.24, 2.45) is 5.10 Å². The summed E-state index contributed by atoms with van der Waals surface area (Å²) >= 11 is 5.04. The summed E-state index contributed by atoms with van der Waals surface area (Å²) in [6, 6.07) is 18.2. The first-order valence-corrected chi connectivity index (χ1v) is 11.4. The number of benzene rings is 4. The van der Waals surface area contributed by atoms with Crippen LogP contribution >= 0.6 is 12.2 Å². The Morgan fingerprint density at radius 2 is 1.71 bits per heavy atom. The largest absolute Gasteiger partial charge is 0.573 e. The number of rotatable bonds is 5. The molecule has 0 fully saturated rings. The molecule has 0 saturated heterocycles. The number of fused-ring (bicyclic) bond motifs is 3. The number of hydrogen-bond donors (Lipinski definition) is 2. The minimum Gasteiger partial charge on any atom is -0.406 e. The Balaban J connectivity index is 1.32. The highest BCUT2D eigenvalue weighted by Crippen LogP contribution is 2.29. The van der Waals surface area contributed by atoms with Crippen molar-refractivity contribution in [3.05, 3.63) is 96.3 Å². The first-order valence-electron chi connectivity index (χ1n) is 11.0. The number of aromatic nitrogens is 2. The lowest BCUT2D eigenvalue weighted by Gasteiger charge is -2.10. The summed E-state index contributed by atoms with van der Waals surface area (Å²) in [5.74, 6) is -1.88. The van der Waals surface area contributed by atoms with Crippen molar-refractivity contribution >= 4 is 51.0 Å². The van der Waals surface area contributed by atoms with E-state index in [9.17, 15) is 22.0 Å². The predicted octanol–water partition coefficient (Wildman–Crippen LogP) is 6.68. The van der Waals surface area contributed by atoms with Crippen LogP contribution in [0.5, 0.6) is 5.75 Å². The zero-order chi connectivity index (χ0) is 26.9. The van der Waals surface area contributed by atoms with Crippen LogP contribution in [0.1, 0.15) is 5.56 Å². The van der Waals surface area contributed by atoms with Gasteiger partial charge in [-0.05, 0) is 71.7 Å². The van der Waals surface area contributed by atoms with Gasteiger partial charge in [-0.1, -0.05) is 24.3 Å². The van der Waals surface area contributed by atoms with Gasteiger partial charge in [0.05, 0.1) is 17.2 Å². The van der Waals surface area contributed by atoms with E-state index in [1.54, 1.807) is 10.9 Å². The molecule has 0 unspecified atom stereocenters. The van der Waals surface area contributed by atoms with E-state index in [2.05, 4.69) is 25.6 Å². The summed E-state index contributed by atoms with van der Waals surface area (Å²) in [6.07, 6.45) is -1.67. The Hall–Kier alpha value is -4.58. The standard InChI is InChI=1S/C26H16F5N5OS/c27-20-2-1-3-21(28)24(20)34-25(38)35-33-13-15-4-10-19-16(12-15)5-11-22-23(19)32-14-36(22)17-6-8-18(9-7-17)37-26(29,30)31/h1-14H,(H2,34,35,38). The Morgan fingerprint density at radius 1 is 0.974 bits per heavy atom. The molecule has 1 heterocycles. The van der Waals surface area contributed by atoms with Crippen molar-refractivity contribution in [2.75, 3.05) is 5.32 Å². The van der Waals surface area contributed by atoms with E-state index in [4.69, 9.17) is 12.2 Å². The van der Waals surface area contributed by atoms with Crippen molar-refractivity contribution in [3.8, 4) is 11.4 Å². The summed E-state index contributed by atoms with van der Waals surface area (Å²) in [5, 5.41) is 8.09. The van der Waals surface area contributed by atoms with Gasteiger partial charge in [-0.2, -0.15) is 5.10 Å². The second-order valence-corrected chi connectivity index (χ2v) is 8.40. The first-order chi connectivity index (χ1) is 18.2. The molecule has 1 aromatic heterocycles. The van der Waals surface area contributed by atoms with Crippen LogP contribution < -0.4 is 15.5 Å². The summed E-state index contributed by atoms with van der Waals surface area (Å²) in [7, 11) is 0. The molecular weight excluding hydrogens is 525 g/mol. The molecule has 5 aromatic rings. The molecule has 6 nitrogen and oxygen atoms in total. The third-order valence-electron chi connectivity index (χ3n) is 5.49. The molecule has 5 rings (SSSR count). The highest BCUT2D eigenvalue weighted by molar-refractivity contribution is 7.80. The van der Waals surface area contributed by atoms with Crippen LogP contribution in [0.15, 0.2) is 84.2 Å². The quantitative estimate of drug-likeness (QED) is 0.113. The van der Waals surface area contributed by atoms with E-state index in [0.717, 1.165) is 34.0 Å². The fraction of sp³-hybridized carbons (Fsp3) is 0.0385. The van der Waals surface area contributed by atoms with Crippen LogP contribution in [0, 0.1) is 11.6 Å². The van der Waals surface area contributed by atoms with Gasteiger partial charge < -0.3 is 10.1 Å².